The Morgan fingerprint density at radius 1 is 0.958 bits per heavy atom. The molecule has 0 spiro atoms. The molecule has 0 aromatic carbocycles. The molecule has 6 nitrogen and oxygen atoms in total. The third-order valence-electron chi connectivity index (χ3n) is 3.53. The summed E-state index contributed by atoms with van der Waals surface area (Å²) in [4.78, 5) is 1.97. The maximum absolute atomic E-state index is 9.71. The summed E-state index contributed by atoms with van der Waals surface area (Å²) in [7, 11) is 0. The smallest absolute Gasteiger partial charge is 0.243 e. The van der Waals surface area contributed by atoms with Crippen molar-refractivity contribution >= 4 is 34.8 Å². The highest BCUT2D eigenvalue weighted by Crippen LogP contribution is 2.02. The number of imidazole rings is 1. The van der Waals surface area contributed by atoms with E-state index in [0.29, 0.717) is 26.2 Å². The van der Waals surface area contributed by atoms with Crippen LogP contribution in [-0.2, 0) is 13.1 Å². The summed E-state index contributed by atoms with van der Waals surface area (Å²) in [5.74, 6) is 0.529. The van der Waals surface area contributed by atoms with E-state index in [1.54, 1.807) is 0 Å². The van der Waals surface area contributed by atoms with Crippen LogP contribution < -0.4 is 4.57 Å². The highest BCUT2D eigenvalue weighted by atomic mass is 35.5. The minimum Gasteiger partial charge on any atom is -0.391 e. The Hall–Kier alpha value is -0.0800. The van der Waals surface area contributed by atoms with E-state index in [1.807, 2.05) is 32.8 Å². The van der Waals surface area contributed by atoms with Gasteiger partial charge in [-0.15, -0.1) is 34.8 Å². The van der Waals surface area contributed by atoms with Gasteiger partial charge in [-0.3, -0.25) is 4.90 Å². The molecule has 0 saturated carbocycles. The van der Waals surface area contributed by atoms with Crippen LogP contribution in [-0.4, -0.2) is 80.4 Å². The van der Waals surface area contributed by atoms with Crippen molar-refractivity contribution in [3.63, 3.8) is 0 Å². The number of aromatic nitrogens is 2. The average molecular weight is 404 g/mol. The number of aliphatic hydroxyl groups excluding tert-OH is 3. The molecule has 0 aliphatic heterocycles. The van der Waals surface area contributed by atoms with Crippen LogP contribution in [0, 0.1) is 0 Å². The first kappa shape index (κ1) is 22.0. The number of hydrogen-bond donors (Lipinski definition) is 3. The van der Waals surface area contributed by atoms with E-state index in [2.05, 4.69) is 0 Å². The van der Waals surface area contributed by atoms with E-state index >= 15 is 0 Å². The van der Waals surface area contributed by atoms with Gasteiger partial charge in [0.25, 0.3) is 0 Å². The molecule has 3 N–H and O–H groups in total. The third-order valence-corrected chi connectivity index (χ3v) is 4.60. The van der Waals surface area contributed by atoms with E-state index in [0.717, 1.165) is 13.0 Å². The van der Waals surface area contributed by atoms with Crippen LogP contribution in [0.25, 0.3) is 0 Å². The van der Waals surface area contributed by atoms with Gasteiger partial charge in [-0.2, -0.15) is 0 Å². The molecular weight excluding hydrogens is 377 g/mol. The zero-order chi connectivity index (χ0) is 17.9. The van der Waals surface area contributed by atoms with Crippen molar-refractivity contribution in [3.05, 3.63) is 18.7 Å². The molecule has 0 saturated heterocycles. The van der Waals surface area contributed by atoms with Crippen LogP contribution in [0.1, 0.15) is 6.42 Å². The second-order valence-corrected chi connectivity index (χ2v) is 6.81. The number of rotatable bonds is 13. The molecule has 1 rings (SSSR count). The highest BCUT2D eigenvalue weighted by Gasteiger charge is 2.15. The lowest BCUT2D eigenvalue weighted by atomic mass is 10.2. The van der Waals surface area contributed by atoms with E-state index in [9.17, 15) is 15.3 Å². The molecule has 3 unspecified atom stereocenters. The molecule has 0 aliphatic carbocycles. The second-order valence-electron chi connectivity index (χ2n) is 5.89. The molecule has 9 heteroatoms. The van der Waals surface area contributed by atoms with E-state index in [-0.39, 0.29) is 17.6 Å². The van der Waals surface area contributed by atoms with Crippen molar-refractivity contribution in [1.29, 1.82) is 0 Å². The molecular formula is C15H27Cl3N3O3+. The summed E-state index contributed by atoms with van der Waals surface area (Å²) in [6, 6.07) is 0. The fourth-order valence-electron chi connectivity index (χ4n) is 2.40. The molecule has 0 fully saturated rings. The predicted molar refractivity (Wildman–Crippen MR) is 95.9 cm³/mol. The maximum atomic E-state index is 9.71. The minimum atomic E-state index is -0.625. The van der Waals surface area contributed by atoms with Crippen LogP contribution in [0.2, 0.25) is 0 Å². The Morgan fingerprint density at radius 3 is 2.08 bits per heavy atom. The number of halogens is 3. The van der Waals surface area contributed by atoms with Crippen molar-refractivity contribution in [3.8, 4) is 0 Å². The SMILES string of the molecule is OC(CCl)CN(CCCn1cc[n+](CC(O)CCl)c1)CC(O)CCl. The number of aryl methyl sites for hydroxylation is 1. The molecule has 0 amide bonds. The zero-order valence-corrected chi connectivity index (χ0v) is 15.9. The summed E-state index contributed by atoms with van der Waals surface area (Å²) in [5, 5.41) is 29.0. The third kappa shape index (κ3) is 8.85. The van der Waals surface area contributed by atoms with Crippen LogP contribution in [0.3, 0.4) is 0 Å². The fourth-order valence-corrected chi connectivity index (χ4v) is 2.69. The van der Waals surface area contributed by atoms with Gasteiger partial charge < -0.3 is 15.3 Å². The zero-order valence-electron chi connectivity index (χ0n) is 13.6. The summed E-state index contributed by atoms with van der Waals surface area (Å²) < 4.78 is 3.91. The van der Waals surface area contributed by atoms with Crippen LogP contribution in [0.5, 0.6) is 0 Å². The van der Waals surface area contributed by atoms with Gasteiger partial charge in [-0.1, -0.05) is 0 Å². The van der Waals surface area contributed by atoms with Gasteiger partial charge in [-0.25, -0.2) is 9.13 Å². The average Bonchev–Trinajstić information content (AvgIpc) is 3.01. The molecule has 0 bridgehead atoms. The number of alkyl halides is 3. The van der Waals surface area contributed by atoms with Gasteiger partial charge in [0, 0.05) is 31.4 Å². The number of aliphatic hydroxyl groups is 3. The van der Waals surface area contributed by atoms with Crippen LogP contribution in [0.15, 0.2) is 18.7 Å². The number of nitrogens with zero attached hydrogens (tertiary/aromatic N) is 3. The second kappa shape index (κ2) is 12.3. The normalized spacial score (nSPS) is 15.6. The maximum Gasteiger partial charge on any atom is 0.243 e. The molecule has 1 heterocycles. The van der Waals surface area contributed by atoms with Gasteiger partial charge in [0.2, 0.25) is 6.33 Å². The van der Waals surface area contributed by atoms with Gasteiger partial charge in [0.1, 0.15) is 25.0 Å². The quantitative estimate of drug-likeness (QED) is 0.326. The van der Waals surface area contributed by atoms with Gasteiger partial charge in [-0.05, 0) is 6.42 Å². The first-order valence-electron chi connectivity index (χ1n) is 7.97. The predicted octanol–water partition coefficient (Wildman–Crippen LogP) is 0.267. The molecule has 0 radical (unpaired) electrons. The van der Waals surface area contributed by atoms with E-state index < -0.39 is 18.3 Å². The fraction of sp³-hybridized carbons (Fsp3) is 0.800. The molecule has 0 aliphatic rings. The van der Waals surface area contributed by atoms with Gasteiger partial charge >= 0.3 is 0 Å². The van der Waals surface area contributed by atoms with Crippen molar-refractivity contribution in [1.82, 2.24) is 9.47 Å². The molecule has 3 atom stereocenters. The van der Waals surface area contributed by atoms with Crippen LogP contribution >= 0.6 is 34.8 Å². The van der Waals surface area contributed by atoms with E-state index in [4.69, 9.17) is 34.8 Å². The lowest BCUT2D eigenvalue weighted by Crippen LogP contribution is -2.40. The van der Waals surface area contributed by atoms with Gasteiger partial charge in [0.05, 0.1) is 24.6 Å². The summed E-state index contributed by atoms with van der Waals surface area (Å²) in [6.07, 6.45) is 4.78. The Balaban J connectivity index is 2.43. The van der Waals surface area contributed by atoms with Crippen molar-refractivity contribution in [2.45, 2.75) is 37.8 Å². The minimum absolute atomic E-state index is 0.161. The summed E-state index contributed by atoms with van der Waals surface area (Å²) in [6.45, 7) is 2.78. The van der Waals surface area contributed by atoms with Crippen molar-refractivity contribution < 1.29 is 19.9 Å². The summed E-state index contributed by atoms with van der Waals surface area (Å²) in [5.41, 5.74) is 0. The monoisotopic (exact) mass is 402 g/mol. The largest absolute Gasteiger partial charge is 0.391 e. The molecule has 1 aromatic heterocycles. The van der Waals surface area contributed by atoms with E-state index in [1.165, 1.54) is 0 Å². The molecule has 1 aromatic rings. The Kier molecular flexibility index (Phi) is 11.3. The number of hydrogen-bond acceptors (Lipinski definition) is 4. The molecule has 24 heavy (non-hydrogen) atoms. The lowest BCUT2D eigenvalue weighted by Gasteiger charge is -2.25. The van der Waals surface area contributed by atoms with Gasteiger partial charge in [0.15, 0.2) is 0 Å². The topological polar surface area (TPSA) is 72.7 Å². The first-order chi connectivity index (χ1) is 11.5. The Labute approximate surface area is 158 Å². The standard InChI is InChI=1S/C15H27Cl3N3O3/c16-6-13(22)9-20(10-14(23)7-17)3-1-2-19-4-5-21(12-19)11-15(24)8-18/h4-5,12-15,22-24H,1-3,6-11H2/q+1. The molecule has 140 valence electrons. The van der Waals surface area contributed by atoms with Crippen molar-refractivity contribution in [2.24, 2.45) is 0 Å². The Bertz CT molecular complexity index is 439. The lowest BCUT2D eigenvalue weighted by molar-refractivity contribution is -0.702. The highest BCUT2D eigenvalue weighted by molar-refractivity contribution is 6.18. The first-order valence-corrected chi connectivity index (χ1v) is 9.58. The van der Waals surface area contributed by atoms with Crippen molar-refractivity contribution in [2.75, 3.05) is 37.3 Å². The Morgan fingerprint density at radius 2 is 1.54 bits per heavy atom. The summed E-state index contributed by atoms with van der Waals surface area (Å²) >= 11 is 16.9. The van der Waals surface area contributed by atoms with Crippen LogP contribution in [0.4, 0.5) is 0 Å².